The minimum Gasteiger partial charge on any atom is -0.348 e. The Balaban J connectivity index is 1.68. The van der Waals surface area contributed by atoms with Crippen molar-refractivity contribution in [2.75, 3.05) is 18.5 Å². The van der Waals surface area contributed by atoms with Gasteiger partial charge in [0.15, 0.2) is 0 Å². The van der Waals surface area contributed by atoms with Crippen LogP contribution in [0.3, 0.4) is 0 Å². The van der Waals surface area contributed by atoms with Gasteiger partial charge in [0.1, 0.15) is 0 Å². The second kappa shape index (κ2) is 8.57. The molecule has 0 spiro atoms. The van der Waals surface area contributed by atoms with E-state index in [1.807, 2.05) is 24.3 Å². The zero-order valence-electron chi connectivity index (χ0n) is 17.2. The third kappa shape index (κ3) is 4.42. The third-order valence-electron chi connectivity index (χ3n) is 5.48. The van der Waals surface area contributed by atoms with Crippen molar-refractivity contribution in [1.29, 1.82) is 0 Å². The first-order valence-corrected chi connectivity index (χ1v) is 9.83. The van der Waals surface area contributed by atoms with Crippen LogP contribution in [0.5, 0.6) is 0 Å². The van der Waals surface area contributed by atoms with Gasteiger partial charge in [-0.3, -0.25) is 14.5 Å². The summed E-state index contributed by atoms with van der Waals surface area (Å²) in [6.45, 7) is 7.95. The van der Waals surface area contributed by atoms with E-state index >= 15 is 0 Å². The summed E-state index contributed by atoms with van der Waals surface area (Å²) in [4.78, 5) is 28.4. The standard InChI is InChI=1S/C23H29N3O2/c1-16(2)25(4)15-21-8-6-5-7-20(21)14-24-23(28)19-9-10-22-18(13-19)11-12-26(22)17(3)27/h5-10,13,16H,11-12,14-15H2,1-4H3,(H,24,28). The second-order valence-corrected chi connectivity index (χ2v) is 7.72. The topological polar surface area (TPSA) is 52.7 Å². The average Bonchev–Trinajstić information content (AvgIpc) is 3.10. The molecule has 0 aliphatic carbocycles. The van der Waals surface area contributed by atoms with Crippen LogP contribution < -0.4 is 10.2 Å². The Morgan fingerprint density at radius 1 is 1.14 bits per heavy atom. The van der Waals surface area contributed by atoms with E-state index in [1.54, 1.807) is 17.9 Å². The van der Waals surface area contributed by atoms with E-state index in [9.17, 15) is 9.59 Å². The van der Waals surface area contributed by atoms with Crippen molar-refractivity contribution >= 4 is 17.5 Å². The quantitative estimate of drug-likeness (QED) is 0.837. The molecule has 0 aromatic heterocycles. The summed E-state index contributed by atoms with van der Waals surface area (Å²) in [5.74, 6) is -0.0463. The predicted octanol–water partition coefficient (Wildman–Crippen LogP) is 3.37. The maximum atomic E-state index is 12.7. The van der Waals surface area contributed by atoms with E-state index < -0.39 is 0 Å². The fraction of sp³-hybridized carbons (Fsp3) is 0.391. The Bertz CT molecular complexity index is 876. The Labute approximate surface area is 167 Å². The van der Waals surface area contributed by atoms with Gasteiger partial charge in [0.25, 0.3) is 5.91 Å². The molecule has 5 nitrogen and oxygen atoms in total. The zero-order valence-corrected chi connectivity index (χ0v) is 17.2. The number of hydrogen-bond acceptors (Lipinski definition) is 3. The summed E-state index contributed by atoms with van der Waals surface area (Å²) < 4.78 is 0. The van der Waals surface area contributed by atoms with Crippen LogP contribution in [-0.2, 0) is 24.3 Å². The third-order valence-corrected chi connectivity index (χ3v) is 5.48. The van der Waals surface area contributed by atoms with Gasteiger partial charge in [0, 0.05) is 43.9 Å². The molecule has 0 unspecified atom stereocenters. The molecule has 0 bridgehead atoms. The van der Waals surface area contributed by atoms with E-state index in [0.29, 0.717) is 24.7 Å². The molecule has 3 rings (SSSR count). The minimum absolute atomic E-state index is 0.0407. The van der Waals surface area contributed by atoms with Crippen LogP contribution in [-0.4, -0.2) is 36.3 Å². The molecule has 5 heteroatoms. The lowest BCUT2D eigenvalue weighted by molar-refractivity contribution is -0.116. The Kier molecular flexibility index (Phi) is 6.15. The highest BCUT2D eigenvalue weighted by Crippen LogP contribution is 2.28. The summed E-state index contributed by atoms with van der Waals surface area (Å²) in [7, 11) is 2.11. The fourth-order valence-electron chi connectivity index (χ4n) is 3.48. The lowest BCUT2D eigenvalue weighted by Gasteiger charge is -2.22. The molecular weight excluding hydrogens is 350 g/mol. The highest BCUT2D eigenvalue weighted by Gasteiger charge is 2.23. The number of nitrogens with zero attached hydrogens (tertiary/aromatic N) is 2. The van der Waals surface area contributed by atoms with Gasteiger partial charge in [0.05, 0.1) is 0 Å². The highest BCUT2D eigenvalue weighted by atomic mass is 16.2. The molecule has 0 saturated carbocycles. The normalized spacial score (nSPS) is 13.1. The lowest BCUT2D eigenvalue weighted by atomic mass is 10.1. The largest absolute Gasteiger partial charge is 0.348 e. The maximum absolute atomic E-state index is 12.7. The number of rotatable bonds is 6. The molecule has 148 valence electrons. The molecule has 1 N–H and O–H groups in total. The summed E-state index contributed by atoms with van der Waals surface area (Å²) in [6.07, 6.45) is 0.792. The van der Waals surface area contributed by atoms with Crippen LogP contribution in [0.1, 0.15) is 47.8 Å². The second-order valence-electron chi connectivity index (χ2n) is 7.72. The van der Waals surface area contributed by atoms with Crippen LogP contribution >= 0.6 is 0 Å². The first-order chi connectivity index (χ1) is 13.4. The van der Waals surface area contributed by atoms with E-state index in [0.717, 1.165) is 29.8 Å². The van der Waals surface area contributed by atoms with Crippen molar-refractivity contribution in [2.24, 2.45) is 0 Å². The van der Waals surface area contributed by atoms with E-state index in [2.05, 4.69) is 43.2 Å². The molecule has 0 saturated heterocycles. The Morgan fingerprint density at radius 3 is 2.54 bits per heavy atom. The molecule has 2 aromatic rings. The van der Waals surface area contributed by atoms with Gasteiger partial charge < -0.3 is 10.2 Å². The van der Waals surface area contributed by atoms with Crippen LogP contribution in [0.15, 0.2) is 42.5 Å². The summed E-state index contributed by atoms with van der Waals surface area (Å²) in [6, 6.07) is 14.3. The number of benzene rings is 2. The van der Waals surface area contributed by atoms with Crippen molar-refractivity contribution in [3.8, 4) is 0 Å². The van der Waals surface area contributed by atoms with Crippen LogP contribution in [0, 0.1) is 0 Å². The van der Waals surface area contributed by atoms with Gasteiger partial charge in [0.2, 0.25) is 5.91 Å². The molecule has 2 aromatic carbocycles. The number of nitrogens with one attached hydrogen (secondary N) is 1. The van der Waals surface area contributed by atoms with Crippen molar-refractivity contribution < 1.29 is 9.59 Å². The van der Waals surface area contributed by atoms with Gasteiger partial charge in [-0.1, -0.05) is 24.3 Å². The number of hydrogen-bond donors (Lipinski definition) is 1. The summed E-state index contributed by atoms with van der Waals surface area (Å²) >= 11 is 0. The smallest absolute Gasteiger partial charge is 0.251 e. The van der Waals surface area contributed by atoms with Crippen molar-refractivity contribution in [1.82, 2.24) is 10.2 Å². The molecule has 0 radical (unpaired) electrons. The molecule has 2 amide bonds. The molecule has 1 aliphatic rings. The molecular formula is C23H29N3O2. The maximum Gasteiger partial charge on any atom is 0.251 e. The van der Waals surface area contributed by atoms with E-state index in [4.69, 9.17) is 0 Å². The van der Waals surface area contributed by atoms with Crippen molar-refractivity contribution in [3.05, 3.63) is 64.7 Å². The average molecular weight is 380 g/mol. The number of carbonyl (C=O) groups excluding carboxylic acids is 2. The Morgan fingerprint density at radius 2 is 1.86 bits per heavy atom. The van der Waals surface area contributed by atoms with Gasteiger partial charge in [-0.15, -0.1) is 0 Å². The van der Waals surface area contributed by atoms with Gasteiger partial charge in [-0.05, 0) is 62.2 Å². The number of carbonyl (C=O) groups is 2. The van der Waals surface area contributed by atoms with Crippen LogP contribution in [0.4, 0.5) is 5.69 Å². The van der Waals surface area contributed by atoms with Crippen LogP contribution in [0.25, 0.3) is 0 Å². The molecule has 0 atom stereocenters. The first-order valence-electron chi connectivity index (χ1n) is 9.83. The Hall–Kier alpha value is -2.66. The molecule has 28 heavy (non-hydrogen) atoms. The fourth-order valence-corrected chi connectivity index (χ4v) is 3.48. The lowest BCUT2D eigenvalue weighted by Crippen LogP contribution is -2.28. The predicted molar refractivity (Wildman–Crippen MR) is 112 cm³/mol. The van der Waals surface area contributed by atoms with Crippen molar-refractivity contribution in [3.63, 3.8) is 0 Å². The summed E-state index contributed by atoms with van der Waals surface area (Å²) in [5.41, 5.74) is 4.98. The zero-order chi connectivity index (χ0) is 20.3. The molecule has 1 aliphatic heterocycles. The van der Waals surface area contributed by atoms with Crippen LogP contribution in [0.2, 0.25) is 0 Å². The number of anilines is 1. The monoisotopic (exact) mass is 379 g/mol. The van der Waals surface area contributed by atoms with E-state index in [-0.39, 0.29) is 11.8 Å². The van der Waals surface area contributed by atoms with E-state index in [1.165, 1.54) is 5.56 Å². The van der Waals surface area contributed by atoms with Crippen molar-refractivity contribution in [2.45, 2.75) is 46.3 Å². The SMILES string of the molecule is CC(=O)N1CCc2cc(C(=O)NCc3ccccc3CN(C)C(C)C)ccc21. The first kappa shape index (κ1) is 20.1. The number of amides is 2. The van der Waals surface area contributed by atoms with Gasteiger partial charge in [-0.25, -0.2) is 0 Å². The minimum atomic E-state index is -0.0870. The van der Waals surface area contributed by atoms with Gasteiger partial charge >= 0.3 is 0 Å². The summed E-state index contributed by atoms with van der Waals surface area (Å²) in [5, 5.41) is 3.05. The number of fused-ring (bicyclic) bond motifs is 1. The molecule has 1 heterocycles. The molecule has 0 fully saturated rings. The highest BCUT2D eigenvalue weighted by molar-refractivity contribution is 5.97. The van der Waals surface area contributed by atoms with Gasteiger partial charge in [-0.2, -0.15) is 0 Å².